The zero-order chi connectivity index (χ0) is 12.3. The van der Waals surface area contributed by atoms with Crippen molar-refractivity contribution in [1.29, 1.82) is 0 Å². The molecule has 17 heavy (non-hydrogen) atoms. The SMILES string of the molecule is COc1cc(/C=C2/C=CC(=O)O2)cc(OC)c1. The summed E-state index contributed by atoms with van der Waals surface area (Å²) in [5.41, 5.74) is 0.843. The molecule has 4 heteroatoms. The van der Waals surface area contributed by atoms with Crippen LogP contribution in [0.3, 0.4) is 0 Å². The third-order valence-corrected chi connectivity index (χ3v) is 2.28. The van der Waals surface area contributed by atoms with Crippen molar-refractivity contribution in [3.63, 3.8) is 0 Å². The largest absolute Gasteiger partial charge is 0.497 e. The number of esters is 1. The molecule has 0 saturated carbocycles. The lowest BCUT2D eigenvalue weighted by Gasteiger charge is -2.06. The first-order valence-electron chi connectivity index (χ1n) is 5.06. The minimum Gasteiger partial charge on any atom is -0.497 e. The predicted molar refractivity (Wildman–Crippen MR) is 62.8 cm³/mol. The molecular weight excluding hydrogens is 220 g/mol. The molecule has 1 aliphatic rings. The molecule has 0 saturated heterocycles. The maximum atomic E-state index is 10.9. The van der Waals surface area contributed by atoms with E-state index in [9.17, 15) is 4.79 Å². The Kier molecular flexibility index (Phi) is 3.14. The van der Waals surface area contributed by atoms with Gasteiger partial charge in [0.2, 0.25) is 0 Å². The summed E-state index contributed by atoms with van der Waals surface area (Å²) in [7, 11) is 3.17. The van der Waals surface area contributed by atoms with Gasteiger partial charge in [0.15, 0.2) is 0 Å². The summed E-state index contributed by atoms with van der Waals surface area (Å²) >= 11 is 0. The molecule has 1 heterocycles. The maximum Gasteiger partial charge on any atom is 0.336 e. The van der Waals surface area contributed by atoms with Crippen molar-refractivity contribution < 1.29 is 19.0 Å². The number of rotatable bonds is 3. The van der Waals surface area contributed by atoms with E-state index >= 15 is 0 Å². The fourth-order valence-electron chi connectivity index (χ4n) is 1.49. The van der Waals surface area contributed by atoms with Crippen LogP contribution >= 0.6 is 0 Å². The lowest BCUT2D eigenvalue weighted by atomic mass is 10.1. The Labute approximate surface area is 99.1 Å². The van der Waals surface area contributed by atoms with E-state index in [1.54, 1.807) is 32.4 Å². The number of carbonyl (C=O) groups excluding carboxylic acids is 1. The Hall–Kier alpha value is -2.23. The summed E-state index contributed by atoms with van der Waals surface area (Å²) in [6, 6.07) is 5.43. The van der Waals surface area contributed by atoms with Gasteiger partial charge in [-0.15, -0.1) is 0 Å². The number of cyclic esters (lactones) is 1. The highest BCUT2D eigenvalue weighted by Crippen LogP contribution is 2.25. The van der Waals surface area contributed by atoms with Gasteiger partial charge in [0.1, 0.15) is 17.3 Å². The molecule has 4 nitrogen and oxygen atoms in total. The summed E-state index contributed by atoms with van der Waals surface area (Å²) < 4.78 is 15.2. The molecule has 0 aromatic heterocycles. The Bertz CT molecular complexity index is 478. The Balaban J connectivity index is 2.32. The zero-order valence-electron chi connectivity index (χ0n) is 9.60. The van der Waals surface area contributed by atoms with E-state index in [1.165, 1.54) is 6.08 Å². The third-order valence-electron chi connectivity index (χ3n) is 2.28. The number of methoxy groups -OCH3 is 2. The van der Waals surface area contributed by atoms with E-state index in [1.807, 2.05) is 12.1 Å². The van der Waals surface area contributed by atoms with Crippen LogP contribution in [0.25, 0.3) is 6.08 Å². The third kappa shape index (κ3) is 2.66. The average Bonchev–Trinajstić information content (AvgIpc) is 2.74. The quantitative estimate of drug-likeness (QED) is 0.749. The van der Waals surface area contributed by atoms with Gasteiger partial charge < -0.3 is 14.2 Å². The molecule has 0 aliphatic carbocycles. The van der Waals surface area contributed by atoms with Crippen molar-refractivity contribution >= 4 is 12.0 Å². The number of carbonyl (C=O) groups is 1. The molecule has 88 valence electrons. The molecule has 0 bridgehead atoms. The first kappa shape index (κ1) is 11.3. The molecule has 0 fully saturated rings. The van der Waals surface area contributed by atoms with Crippen LogP contribution in [0.1, 0.15) is 5.56 Å². The van der Waals surface area contributed by atoms with Crippen molar-refractivity contribution in [3.8, 4) is 11.5 Å². The number of ether oxygens (including phenoxy) is 3. The van der Waals surface area contributed by atoms with Gasteiger partial charge in [0.25, 0.3) is 0 Å². The van der Waals surface area contributed by atoms with Crippen LogP contribution in [0, 0.1) is 0 Å². The van der Waals surface area contributed by atoms with Gasteiger partial charge in [0, 0.05) is 12.1 Å². The summed E-state index contributed by atoms with van der Waals surface area (Å²) in [4.78, 5) is 10.9. The summed E-state index contributed by atoms with van der Waals surface area (Å²) in [6.07, 6.45) is 4.74. The van der Waals surface area contributed by atoms with Crippen LogP contribution in [0.15, 0.2) is 36.1 Å². The van der Waals surface area contributed by atoms with Crippen molar-refractivity contribution in [2.75, 3.05) is 14.2 Å². The highest BCUT2D eigenvalue weighted by Gasteiger charge is 2.09. The minimum absolute atomic E-state index is 0.355. The summed E-state index contributed by atoms with van der Waals surface area (Å²) in [5, 5.41) is 0. The van der Waals surface area contributed by atoms with Gasteiger partial charge in [0.05, 0.1) is 14.2 Å². The van der Waals surface area contributed by atoms with E-state index in [0.29, 0.717) is 17.3 Å². The number of hydrogen-bond donors (Lipinski definition) is 0. The highest BCUT2D eigenvalue weighted by molar-refractivity contribution is 5.87. The Morgan fingerprint density at radius 3 is 2.18 bits per heavy atom. The highest BCUT2D eigenvalue weighted by atomic mass is 16.5. The molecule has 0 atom stereocenters. The monoisotopic (exact) mass is 232 g/mol. The first-order chi connectivity index (χ1) is 8.21. The van der Waals surface area contributed by atoms with Crippen molar-refractivity contribution in [2.24, 2.45) is 0 Å². The van der Waals surface area contributed by atoms with Gasteiger partial charge in [-0.25, -0.2) is 4.79 Å². The Morgan fingerprint density at radius 1 is 1.06 bits per heavy atom. The normalized spacial score (nSPS) is 16.1. The second-order valence-corrected chi connectivity index (χ2v) is 3.45. The number of allylic oxidation sites excluding steroid dienone is 1. The van der Waals surface area contributed by atoms with Crippen LogP contribution in [-0.2, 0) is 9.53 Å². The fraction of sp³-hybridized carbons (Fsp3) is 0.154. The zero-order valence-corrected chi connectivity index (χ0v) is 9.60. The van der Waals surface area contributed by atoms with Gasteiger partial charge in [-0.3, -0.25) is 0 Å². The molecule has 2 rings (SSSR count). The van der Waals surface area contributed by atoms with Crippen LogP contribution < -0.4 is 9.47 Å². The van der Waals surface area contributed by atoms with E-state index in [-0.39, 0.29) is 5.97 Å². The van der Waals surface area contributed by atoms with E-state index in [2.05, 4.69) is 0 Å². The molecule has 0 amide bonds. The van der Waals surface area contributed by atoms with Gasteiger partial charge in [-0.1, -0.05) is 0 Å². The lowest BCUT2D eigenvalue weighted by Crippen LogP contribution is -1.91. The fourth-order valence-corrected chi connectivity index (χ4v) is 1.49. The smallest absolute Gasteiger partial charge is 0.336 e. The van der Waals surface area contributed by atoms with Gasteiger partial charge in [-0.2, -0.15) is 0 Å². The predicted octanol–water partition coefficient (Wildman–Crippen LogP) is 2.16. The van der Waals surface area contributed by atoms with Crippen LogP contribution in [0.5, 0.6) is 11.5 Å². The van der Waals surface area contributed by atoms with Crippen LogP contribution in [0.2, 0.25) is 0 Å². The number of hydrogen-bond acceptors (Lipinski definition) is 4. The van der Waals surface area contributed by atoms with E-state index < -0.39 is 0 Å². The average molecular weight is 232 g/mol. The second-order valence-electron chi connectivity index (χ2n) is 3.45. The molecule has 1 aliphatic heterocycles. The van der Waals surface area contributed by atoms with Crippen LogP contribution in [0.4, 0.5) is 0 Å². The minimum atomic E-state index is -0.355. The molecule has 0 unspecified atom stereocenters. The van der Waals surface area contributed by atoms with Crippen LogP contribution in [-0.4, -0.2) is 20.2 Å². The standard InChI is InChI=1S/C13H12O4/c1-15-11-6-9(7-12(8-11)16-2)5-10-3-4-13(14)17-10/h3-8H,1-2H3/b10-5-. The summed E-state index contributed by atoms with van der Waals surface area (Å²) in [5.74, 6) is 1.52. The van der Waals surface area contributed by atoms with Gasteiger partial charge in [-0.05, 0) is 29.8 Å². The lowest BCUT2D eigenvalue weighted by molar-refractivity contribution is -0.132. The molecule has 1 aromatic rings. The summed E-state index contributed by atoms with van der Waals surface area (Å²) in [6.45, 7) is 0. The Morgan fingerprint density at radius 2 is 1.71 bits per heavy atom. The van der Waals surface area contributed by atoms with Crippen molar-refractivity contribution in [1.82, 2.24) is 0 Å². The second kappa shape index (κ2) is 4.74. The van der Waals surface area contributed by atoms with Crippen molar-refractivity contribution in [3.05, 3.63) is 41.7 Å². The number of benzene rings is 1. The molecule has 0 N–H and O–H groups in total. The molecule has 0 spiro atoms. The van der Waals surface area contributed by atoms with E-state index in [0.717, 1.165) is 5.56 Å². The topological polar surface area (TPSA) is 44.8 Å². The molecule has 0 radical (unpaired) electrons. The first-order valence-corrected chi connectivity index (χ1v) is 5.06. The van der Waals surface area contributed by atoms with Gasteiger partial charge >= 0.3 is 5.97 Å². The maximum absolute atomic E-state index is 10.9. The molecule has 1 aromatic carbocycles. The van der Waals surface area contributed by atoms with Crippen molar-refractivity contribution in [2.45, 2.75) is 0 Å². The molecular formula is C13H12O4. The van der Waals surface area contributed by atoms with E-state index in [4.69, 9.17) is 14.2 Å².